The van der Waals surface area contributed by atoms with Gasteiger partial charge in [-0.1, -0.05) is 0 Å². The predicted octanol–water partition coefficient (Wildman–Crippen LogP) is 6.12. The van der Waals surface area contributed by atoms with Crippen LogP contribution in [0.1, 0.15) is 38.5 Å². The van der Waals surface area contributed by atoms with Crippen molar-refractivity contribution in [1.82, 2.24) is 29.2 Å². The Bertz CT molecular complexity index is 1050. The predicted molar refractivity (Wildman–Crippen MR) is 124 cm³/mol. The van der Waals surface area contributed by atoms with Crippen LogP contribution in [0.5, 0.6) is 0 Å². The molecule has 1 aromatic heterocycles. The Balaban J connectivity index is 0.000000384. The van der Waals surface area contributed by atoms with E-state index in [2.05, 4.69) is 24.3 Å². The molecule has 0 bridgehead atoms. The molecular weight excluding hydrogens is 538 g/mol. The van der Waals surface area contributed by atoms with E-state index in [4.69, 9.17) is 4.62 Å². The van der Waals surface area contributed by atoms with Crippen molar-refractivity contribution in [1.29, 1.82) is 0 Å². The second kappa shape index (κ2) is 9.16. The average molecular weight is 565 g/mol. The van der Waals surface area contributed by atoms with Crippen LogP contribution < -0.4 is 4.62 Å². The zero-order valence-electron chi connectivity index (χ0n) is 19.2. The molecule has 0 atom stereocenters. The first kappa shape index (κ1) is 27.2. The summed E-state index contributed by atoms with van der Waals surface area (Å²) in [5.74, 6) is 0. The molecule has 3 saturated heterocycles. The number of fused-ring (bicyclic) bond motifs is 1. The van der Waals surface area contributed by atoms with Crippen molar-refractivity contribution in [2.24, 2.45) is 0 Å². The van der Waals surface area contributed by atoms with Crippen LogP contribution in [0.25, 0.3) is 11.0 Å². The molecule has 4 heterocycles. The van der Waals surface area contributed by atoms with Crippen molar-refractivity contribution in [3.63, 3.8) is 0 Å². The fraction of sp³-hybridized carbons (Fsp3) is 0.667. The molecule has 2 aromatic rings. The number of non-ortho nitro benzene ring substituents is 1. The second-order valence-electron chi connectivity index (χ2n) is 8.93. The minimum atomic E-state index is -10.7. The Morgan fingerprint density at radius 3 is 1.64 bits per heavy atom. The zero-order chi connectivity index (χ0) is 26.3. The van der Waals surface area contributed by atoms with E-state index < -0.39 is 20.7 Å². The number of nitro groups is 1. The SMILES string of the molecule is F[P-](F)(F)(F)(F)F.O=[N+]([O-])c1ccc2c(c1)nnn2O[P+](N1CCCC1)(N1CCCC1)N1CCCC1. The Morgan fingerprint density at radius 2 is 1.25 bits per heavy atom. The quantitative estimate of drug-likeness (QED) is 0.179. The summed E-state index contributed by atoms with van der Waals surface area (Å²) in [6.45, 7) is 6.24. The van der Waals surface area contributed by atoms with Crippen LogP contribution in [-0.4, -0.2) is 73.4 Å². The summed E-state index contributed by atoms with van der Waals surface area (Å²) in [6.07, 6.45) is 7.15. The van der Waals surface area contributed by atoms with Crippen molar-refractivity contribution in [2.45, 2.75) is 38.5 Å². The third kappa shape index (κ3) is 6.71. The van der Waals surface area contributed by atoms with E-state index in [9.17, 15) is 35.3 Å². The number of nitrogens with zero attached hydrogens (tertiary/aromatic N) is 7. The fourth-order valence-electron chi connectivity index (χ4n) is 4.74. The minimum Gasteiger partial charge on any atom is -0.258 e. The van der Waals surface area contributed by atoms with Crippen LogP contribution in [0, 0.1) is 10.1 Å². The molecule has 5 rings (SSSR count). The third-order valence-corrected chi connectivity index (χ3v) is 9.93. The maximum Gasteiger partial charge on any atom is 0.451 e. The molecule has 10 nitrogen and oxygen atoms in total. The van der Waals surface area contributed by atoms with E-state index in [0.717, 1.165) is 39.3 Å². The van der Waals surface area contributed by atoms with E-state index >= 15 is 0 Å². The Hall–Kier alpha value is -1.86. The number of hydrogen-bond acceptors (Lipinski definition) is 8. The summed E-state index contributed by atoms with van der Waals surface area (Å²) in [7, 11) is -12.9. The van der Waals surface area contributed by atoms with Crippen molar-refractivity contribution in [3.8, 4) is 0 Å². The molecule has 0 N–H and O–H groups in total. The van der Waals surface area contributed by atoms with Crippen LogP contribution in [0.3, 0.4) is 0 Å². The molecule has 3 aliphatic rings. The van der Waals surface area contributed by atoms with E-state index in [1.807, 2.05) is 0 Å². The standard InChI is InChI=1S/C18H27N7O3P.F6P/c26-25(27)16-7-8-18-17(15-16)19-20-24(18)28-29(21-9-1-2-10-21,22-11-3-4-12-22)23-13-5-6-14-23;1-7(2,3,4,5)6/h7-8,15H,1-6,9-14H2;/q+1;-1. The van der Waals surface area contributed by atoms with Gasteiger partial charge in [0.1, 0.15) is 11.0 Å². The van der Waals surface area contributed by atoms with Crippen LogP contribution in [0.15, 0.2) is 18.2 Å². The number of aromatic nitrogens is 3. The second-order valence-corrected chi connectivity index (χ2v) is 13.7. The molecule has 0 unspecified atom stereocenters. The normalized spacial score (nSPS) is 22.3. The molecule has 18 heteroatoms. The molecule has 1 aromatic carbocycles. The molecule has 0 spiro atoms. The molecule has 0 amide bonds. The van der Waals surface area contributed by atoms with Gasteiger partial charge >= 0.3 is 40.9 Å². The number of hydrogen-bond donors (Lipinski definition) is 0. The van der Waals surface area contributed by atoms with Crippen molar-refractivity contribution in [2.75, 3.05) is 39.3 Å². The largest absolute Gasteiger partial charge is 0.451 e. The molecule has 3 fully saturated rings. The van der Waals surface area contributed by atoms with E-state index in [0.29, 0.717) is 11.0 Å². The van der Waals surface area contributed by atoms with Crippen LogP contribution in [-0.2, 0) is 0 Å². The number of nitro benzene ring substituents is 1. The van der Waals surface area contributed by atoms with Gasteiger partial charge in [-0.3, -0.25) is 10.1 Å². The van der Waals surface area contributed by atoms with Crippen molar-refractivity contribution < 1.29 is 34.7 Å². The van der Waals surface area contributed by atoms with Gasteiger partial charge in [0.05, 0.1) is 4.92 Å². The summed E-state index contributed by atoms with van der Waals surface area (Å²) >= 11 is 0. The van der Waals surface area contributed by atoms with Gasteiger partial charge in [-0.05, 0) is 54.6 Å². The smallest absolute Gasteiger partial charge is 0.258 e. The van der Waals surface area contributed by atoms with Gasteiger partial charge < -0.3 is 0 Å². The zero-order valence-corrected chi connectivity index (χ0v) is 21.0. The Morgan fingerprint density at radius 1 is 0.833 bits per heavy atom. The third-order valence-electron chi connectivity index (χ3n) is 6.15. The molecule has 0 aliphatic carbocycles. The van der Waals surface area contributed by atoms with Crippen LogP contribution in [0.4, 0.5) is 30.9 Å². The summed E-state index contributed by atoms with van der Waals surface area (Å²) in [4.78, 5) is 12.2. The first-order valence-electron chi connectivity index (χ1n) is 11.6. The number of rotatable bonds is 6. The van der Waals surface area contributed by atoms with Crippen LogP contribution >= 0.6 is 15.8 Å². The molecular formula is C18H27F6N7O3P2. The van der Waals surface area contributed by atoms with E-state index in [1.165, 1.54) is 55.5 Å². The molecule has 0 radical (unpaired) electrons. The first-order valence-corrected chi connectivity index (χ1v) is 15.1. The molecule has 0 saturated carbocycles. The summed E-state index contributed by atoms with van der Waals surface area (Å²) in [5, 5.41) is 19.5. The van der Waals surface area contributed by atoms with Gasteiger partial charge in [0.2, 0.25) is 0 Å². The minimum absolute atomic E-state index is 0.0178. The molecule has 36 heavy (non-hydrogen) atoms. The first-order chi connectivity index (χ1) is 16.6. The topological polar surface area (TPSA) is 92.8 Å². The Labute approximate surface area is 203 Å². The van der Waals surface area contributed by atoms with Gasteiger partial charge in [0.25, 0.3) is 5.69 Å². The van der Waals surface area contributed by atoms with Crippen molar-refractivity contribution in [3.05, 3.63) is 28.3 Å². The van der Waals surface area contributed by atoms with Gasteiger partial charge in [-0.2, -0.15) is 4.62 Å². The molecule has 204 valence electrons. The van der Waals surface area contributed by atoms with Gasteiger partial charge in [-0.25, -0.2) is 0 Å². The van der Waals surface area contributed by atoms with Gasteiger partial charge in [0, 0.05) is 51.4 Å². The van der Waals surface area contributed by atoms with E-state index in [1.54, 1.807) is 6.07 Å². The number of benzene rings is 1. The van der Waals surface area contributed by atoms with Gasteiger partial charge in [0.15, 0.2) is 0 Å². The maximum atomic E-state index is 11.1. The van der Waals surface area contributed by atoms with Crippen molar-refractivity contribution >= 4 is 32.5 Å². The summed E-state index contributed by atoms with van der Waals surface area (Å²) in [5.41, 5.74) is 1.18. The van der Waals surface area contributed by atoms with Crippen LogP contribution in [0.2, 0.25) is 0 Å². The summed E-state index contributed by atoms with van der Waals surface area (Å²) < 4.78 is 73.7. The fourth-order valence-corrected chi connectivity index (χ4v) is 8.87. The van der Waals surface area contributed by atoms with Gasteiger partial charge in [-0.15, -0.1) is 19.1 Å². The maximum absolute atomic E-state index is 11.1. The Kier molecular flexibility index (Phi) is 6.91. The number of halogens is 6. The molecule has 3 aliphatic heterocycles. The average Bonchev–Trinajstić information content (AvgIpc) is 3.57. The summed E-state index contributed by atoms with van der Waals surface area (Å²) in [6, 6.07) is 4.65. The van der Waals surface area contributed by atoms with E-state index in [-0.39, 0.29) is 5.69 Å². The monoisotopic (exact) mass is 565 g/mol.